The second kappa shape index (κ2) is 6.72. The van der Waals surface area contributed by atoms with Gasteiger partial charge in [-0.3, -0.25) is 9.59 Å². The van der Waals surface area contributed by atoms with Gasteiger partial charge in [-0.05, 0) is 31.5 Å². The summed E-state index contributed by atoms with van der Waals surface area (Å²) in [4.78, 5) is 27.2. The molecule has 0 aliphatic carbocycles. The van der Waals surface area contributed by atoms with Gasteiger partial charge in [0.1, 0.15) is 5.75 Å². The molecule has 2 aromatic rings. The Labute approximate surface area is 159 Å². The van der Waals surface area contributed by atoms with Crippen LogP contribution >= 0.6 is 0 Å². The molecule has 0 radical (unpaired) electrons. The molecule has 27 heavy (non-hydrogen) atoms. The second-order valence-corrected chi connectivity index (χ2v) is 7.50. The molecule has 140 valence electrons. The highest BCUT2D eigenvalue weighted by Gasteiger charge is 2.43. The van der Waals surface area contributed by atoms with E-state index < -0.39 is 5.72 Å². The molecule has 4 rings (SSSR count). The van der Waals surface area contributed by atoms with E-state index in [1.165, 1.54) is 5.56 Å². The van der Waals surface area contributed by atoms with E-state index >= 15 is 0 Å². The van der Waals surface area contributed by atoms with Crippen LogP contribution in [-0.2, 0) is 4.79 Å². The van der Waals surface area contributed by atoms with Crippen molar-refractivity contribution in [2.45, 2.75) is 38.3 Å². The standard InChI is InChI=1S/C22H24N2O3/c1-15-7-9-17(10-8-15)16(2)21(26)24-13-11-22(12-14-24)23-20(25)18-5-3-4-6-19(18)27-22/h3-10,16H,11-14H2,1-2H3,(H,23,25). The quantitative estimate of drug-likeness (QED) is 0.890. The molecule has 1 N–H and O–H groups in total. The van der Waals surface area contributed by atoms with E-state index in [1.807, 2.05) is 61.2 Å². The molecule has 1 saturated heterocycles. The van der Waals surface area contributed by atoms with Crippen LogP contribution in [0.2, 0.25) is 0 Å². The van der Waals surface area contributed by atoms with Crippen LogP contribution in [0.3, 0.4) is 0 Å². The minimum Gasteiger partial charge on any atom is -0.467 e. The summed E-state index contributed by atoms with van der Waals surface area (Å²) in [6, 6.07) is 15.4. The van der Waals surface area contributed by atoms with Crippen molar-refractivity contribution in [1.82, 2.24) is 10.2 Å². The van der Waals surface area contributed by atoms with E-state index in [-0.39, 0.29) is 17.7 Å². The van der Waals surface area contributed by atoms with Crippen molar-refractivity contribution in [3.05, 3.63) is 65.2 Å². The fourth-order valence-corrected chi connectivity index (χ4v) is 3.84. The fourth-order valence-electron chi connectivity index (χ4n) is 3.84. The lowest BCUT2D eigenvalue weighted by atomic mass is 9.94. The van der Waals surface area contributed by atoms with Gasteiger partial charge in [0, 0.05) is 25.9 Å². The van der Waals surface area contributed by atoms with Crippen molar-refractivity contribution in [3.63, 3.8) is 0 Å². The number of aryl methyl sites for hydroxylation is 1. The number of nitrogens with one attached hydrogen (secondary N) is 1. The Bertz CT molecular complexity index is 867. The zero-order valence-corrected chi connectivity index (χ0v) is 15.7. The highest BCUT2D eigenvalue weighted by atomic mass is 16.5. The molecule has 2 heterocycles. The smallest absolute Gasteiger partial charge is 0.258 e. The first-order valence-electron chi connectivity index (χ1n) is 9.43. The summed E-state index contributed by atoms with van der Waals surface area (Å²) in [5.41, 5.74) is 2.07. The number of ether oxygens (including phenoxy) is 1. The van der Waals surface area contributed by atoms with Gasteiger partial charge in [-0.2, -0.15) is 0 Å². The van der Waals surface area contributed by atoms with Crippen LogP contribution in [0, 0.1) is 6.92 Å². The Morgan fingerprint density at radius 3 is 2.48 bits per heavy atom. The molecule has 1 fully saturated rings. The maximum Gasteiger partial charge on any atom is 0.258 e. The summed E-state index contributed by atoms with van der Waals surface area (Å²) >= 11 is 0. The van der Waals surface area contributed by atoms with E-state index in [9.17, 15) is 9.59 Å². The average molecular weight is 364 g/mol. The van der Waals surface area contributed by atoms with Crippen molar-refractivity contribution in [2.75, 3.05) is 13.1 Å². The zero-order valence-electron chi connectivity index (χ0n) is 15.7. The lowest BCUT2D eigenvalue weighted by molar-refractivity contribution is -0.136. The summed E-state index contributed by atoms with van der Waals surface area (Å²) in [6.45, 7) is 5.12. The monoisotopic (exact) mass is 364 g/mol. The van der Waals surface area contributed by atoms with E-state index in [0.717, 1.165) is 5.56 Å². The summed E-state index contributed by atoms with van der Waals surface area (Å²) in [6.07, 6.45) is 1.17. The third-order valence-electron chi connectivity index (χ3n) is 5.61. The van der Waals surface area contributed by atoms with Gasteiger partial charge >= 0.3 is 0 Å². The topological polar surface area (TPSA) is 58.6 Å². The molecular weight excluding hydrogens is 340 g/mol. The van der Waals surface area contributed by atoms with E-state index in [0.29, 0.717) is 37.2 Å². The molecule has 2 aromatic carbocycles. The maximum absolute atomic E-state index is 12.9. The Balaban J connectivity index is 1.44. The number of fused-ring (bicyclic) bond motifs is 1. The first kappa shape index (κ1) is 17.6. The molecule has 0 aromatic heterocycles. The summed E-state index contributed by atoms with van der Waals surface area (Å²) < 4.78 is 6.15. The van der Waals surface area contributed by atoms with Crippen LogP contribution in [-0.4, -0.2) is 35.5 Å². The number of nitrogens with zero attached hydrogens (tertiary/aromatic N) is 1. The van der Waals surface area contributed by atoms with Crippen LogP contribution in [0.4, 0.5) is 0 Å². The molecule has 5 nitrogen and oxygen atoms in total. The largest absolute Gasteiger partial charge is 0.467 e. The normalized spacial score (nSPS) is 19.0. The summed E-state index contributed by atoms with van der Waals surface area (Å²) in [5.74, 6) is 0.456. The Hall–Kier alpha value is -2.82. The van der Waals surface area contributed by atoms with Crippen LogP contribution < -0.4 is 10.1 Å². The fraction of sp³-hybridized carbons (Fsp3) is 0.364. The number of rotatable bonds is 2. The van der Waals surface area contributed by atoms with Gasteiger partial charge in [0.2, 0.25) is 5.91 Å². The minimum atomic E-state index is -0.713. The number of piperidine rings is 1. The molecule has 1 unspecified atom stereocenters. The molecule has 2 aliphatic heterocycles. The predicted octanol–water partition coefficient (Wildman–Crippen LogP) is 3.24. The van der Waals surface area contributed by atoms with Crippen molar-refractivity contribution < 1.29 is 14.3 Å². The number of carbonyl (C=O) groups is 2. The SMILES string of the molecule is Cc1ccc(C(C)C(=O)N2CCC3(CC2)NC(=O)c2ccccc2O3)cc1. The number of hydrogen-bond acceptors (Lipinski definition) is 3. The number of carbonyl (C=O) groups excluding carboxylic acids is 2. The Morgan fingerprint density at radius 2 is 1.78 bits per heavy atom. The van der Waals surface area contributed by atoms with E-state index in [1.54, 1.807) is 6.07 Å². The number of benzene rings is 2. The molecule has 2 amide bonds. The average Bonchev–Trinajstić information content (AvgIpc) is 2.68. The van der Waals surface area contributed by atoms with Crippen LogP contribution in [0.25, 0.3) is 0 Å². The predicted molar refractivity (Wildman–Crippen MR) is 103 cm³/mol. The molecule has 0 bridgehead atoms. The van der Waals surface area contributed by atoms with Gasteiger partial charge in [-0.15, -0.1) is 0 Å². The highest BCUT2D eigenvalue weighted by Crippen LogP contribution is 2.34. The van der Waals surface area contributed by atoms with E-state index in [2.05, 4.69) is 5.32 Å². The van der Waals surface area contributed by atoms with E-state index in [4.69, 9.17) is 4.74 Å². The van der Waals surface area contributed by atoms with Crippen LogP contribution in [0.5, 0.6) is 5.75 Å². The maximum atomic E-state index is 12.9. The Kier molecular flexibility index (Phi) is 4.38. The molecule has 1 spiro atoms. The summed E-state index contributed by atoms with van der Waals surface area (Å²) in [7, 11) is 0. The lowest BCUT2D eigenvalue weighted by Gasteiger charge is -2.44. The third kappa shape index (κ3) is 3.29. The number of hydrogen-bond donors (Lipinski definition) is 1. The van der Waals surface area contributed by atoms with Gasteiger partial charge < -0.3 is 15.0 Å². The molecule has 1 atom stereocenters. The highest BCUT2D eigenvalue weighted by molar-refractivity contribution is 5.98. The Morgan fingerprint density at radius 1 is 1.11 bits per heavy atom. The number of likely N-dealkylation sites (tertiary alicyclic amines) is 1. The van der Waals surface area contributed by atoms with Crippen molar-refractivity contribution in [3.8, 4) is 5.75 Å². The summed E-state index contributed by atoms with van der Waals surface area (Å²) in [5, 5.41) is 3.02. The van der Waals surface area contributed by atoms with Gasteiger partial charge in [0.25, 0.3) is 5.91 Å². The van der Waals surface area contributed by atoms with Crippen LogP contribution in [0.1, 0.15) is 47.2 Å². The zero-order chi connectivity index (χ0) is 19.0. The molecule has 2 aliphatic rings. The minimum absolute atomic E-state index is 0.107. The lowest BCUT2D eigenvalue weighted by Crippen LogP contribution is -2.61. The third-order valence-corrected chi connectivity index (χ3v) is 5.61. The van der Waals surface area contributed by atoms with Gasteiger partial charge in [0.15, 0.2) is 5.72 Å². The van der Waals surface area contributed by atoms with Crippen LogP contribution in [0.15, 0.2) is 48.5 Å². The molecular formula is C22H24N2O3. The van der Waals surface area contributed by atoms with Gasteiger partial charge in [-0.1, -0.05) is 42.0 Å². The van der Waals surface area contributed by atoms with Crippen molar-refractivity contribution in [2.24, 2.45) is 0 Å². The number of amides is 2. The first-order valence-corrected chi connectivity index (χ1v) is 9.43. The van der Waals surface area contributed by atoms with Gasteiger partial charge in [-0.25, -0.2) is 0 Å². The van der Waals surface area contributed by atoms with Crippen molar-refractivity contribution in [1.29, 1.82) is 0 Å². The molecule has 0 saturated carbocycles. The van der Waals surface area contributed by atoms with Gasteiger partial charge in [0.05, 0.1) is 11.5 Å². The first-order chi connectivity index (χ1) is 13.0. The number of para-hydroxylation sites is 1. The second-order valence-electron chi connectivity index (χ2n) is 7.50. The molecule has 5 heteroatoms. The van der Waals surface area contributed by atoms with Crippen molar-refractivity contribution >= 4 is 11.8 Å².